The average Bonchev–Trinajstić information content (AvgIpc) is 3.35. The highest BCUT2D eigenvalue weighted by atomic mass is 16.5. The van der Waals surface area contributed by atoms with Gasteiger partial charge in [-0.25, -0.2) is 0 Å². The summed E-state index contributed by atoms with van der Waals surface area (Å²) in [4.78, 5) is 4.35. The Hall–Kier alpha value is -7.06. The number of rotatable bonds is 14. The fraction of sp³-hybridized carbons (Fsp3) is 0.344. The molecular weight excluding hydrogens is 893 g/mol. The Kier molecular flexibility index (Phi) is 15.1. The van der Waals surface area contributed by atoms with E-state index < -0.39 is 0 Å². The van der Waals surface area contributed by atoms with Crippen molar-refractivity contribution < 1.29 is 28.4 Å². The molecule has 8 nitrogen and oxygen atoms in total. The molecule has 0 atom stereocenters. The van der Waals surface area contributed by atoms with Crippen molar-refractivity contribution in [2.75, 3.05) is 52.5 Å². The molecule has 0 saturated heterocycles. The molecule has 0 spiro atoms. The van der Waals surface area contributed by atoms with E-state index in [0.717, 1.165) is 79.4 Å². The molecule has 0 bridgehead atoms. The normalized spacial score (nSPS) is 12.0. The first-order chi connectivity index (χ1) is 33.9. The zero-order valence-corrected chi connectivity index (χ0v) is 46.0. The molecule has 0 aliphatic carbocycles. The highest BCUT2D eigenvalue weighted by Gasteiger charge is 2.29. The van der Waals surface area contributed by atoms with Gasteiger partial charge in [-0.2, -0.15) is 0 Å². The summed E-state index contributed by atoms with van der Waals surface area (Å²) in [6.45, 7) is 26.5. The second-order valence-corrected chi connectivity index (χ2v) is 22.6. The lowest BCUT2D eigenvalue weighted by Crippen LogP contribution is -2.17. The average molecular weight is 969 g/mol. The van der Waals surface area contributed by atoms with E-state index >= 15 is 0 Å². The molecule has 0 fully saturated rings. The number of hydrogen-bond acceptors (Lipinski definition) is 8. The summed E-state index contributed by atoms with van der Waals surface area (Å²) >= 11 is 0. The SMILES string of the molecule is COc1cc(-c2cccc(-c3ccc(N(c4ccc(C(C)(C)C)cc4OC)c4ccc(C(C)(C)C)cc4OC)c(OC)c3)c2)ccc1N(c1ccc(C(C)(C)C)cc1OC)c1ccc(C(C)(C)C)cc1OC. The Morgan fingerprint density at radius 2 is 0.458 bits per heavy atom. The van der Waals surface area contributed by atoms with Gasteiger partial charge in [-0.15, -0.1) is 0 Å². The summed E-state index contributed by atoms with van der Waals surface area (Å²) < 4.78 is 37.3. The third-order valence-electron chi connectivity index (χ3n) is 13.5. The van der Waals surface area contributed by atoms with Crippen LogP contribution in [0.5, 0.6) is 34.5 Å². The van der Waals surface area contributed by atoms with E-state index in [2.05, 4.69) is 226 Å². The molecule has 0 aliphatic rings. The molecule has 0 N–H and O–H groups in total. The van der Waals surface area contributed by atoms with E-state index in [1.54, 1.807) is 42.7 Å². The quantitative estimate of drug-likeness (QED) is 0.107. The highest BCUT2D eigenvalue weighted by molar-refractivity contribution is 5.90. The standard InChI is InChI=1S/C64H76N2O6/c1-61(2,3)45-24-30-51(57(37-45)69-15)65(52-31-25-46(62(4,5)6)38-58(52)70-16)49-28-22-43(35-55(49)67-13)41-20-19-21-42(34-41)44-23-29-50(56(36-44)68-14)66(53-32-26-47(63(7,8)9)39-59(53)71-17)54-33-27-48(64(10,11)12)40-60(54)72-18/h19-40H,1-18H3. The molecule has 0 saturated carbocycles. The number of hydrogen-bond donors (Lipinski definition) is 0. The zero-order valence-electron chi connectivity index (χ0n) is 46.0. The van der Waals surface area contributed by atoms with Crippen LogP contribution >= 0.6 is 0 Å². The molecule has 0 aromatic heterocycles. The molecule has 7 rings (SSSR count). The maximum absolute atomic E-state index is 6.30. The van der Waals surface area contributed by atoms with Crippen LogP contribution in [0.2, 0.25) is 0 Å². The summed E-state index contributed by atoms with van der Waals surface area (Å²) in [6.07, 6.45) is 0. The smallest absolute Gasteiger partial charge is 0.143 e. The van der Waals surface area contributed by atoms with Gasteiger partial charge in [-0.05, 0) is 145 Å². The monoisotopic (exact) mass is 969 g/mol. The van der Waals surface area contributed by atoms with Crippen molar-refractivity contribution in [2.24, 2.45) is 0 Å². The number of anilines is 6. The molecule has 8 heteroatoms. The van der Waals surface area contributed by atoms with E-state index in [4.69, 9.17) is 28.4 Å². The van der Waals surface area contributed by atoms with Crippen molar-refractivity contribution >= 4 is 34.1 Å². The first-order valence-electron chi connectivity index (χ1n) is 24.8. The van der Waals surface area contributed by atoms with Crippen LogP contribution in [0.4, 0.5) is 34.1 Å². The van der Waals surface area contributed by atoms with Crippen LogP contribution in [0.15, 0.2) is 133 Å². The van der Waals surface area contributed by atoms with Crippen molar-refractivity contribution in [3.8, 4) is 56.8 Å². The van der Waals surface area contributed by atoms with Gasteiger partial charge in [-0.1, -0.05) is 138 Å². The Morgan fingerprint density at radius 1 is 0.250 bits per heavy atom. The second kappa shape index (κ2) is 20.6. The van der Waals surface area contributed by atoms with E-state index in [9.17, 15) is 0 Å². The van der Waals surface area contributed by atoms with Gasteiger partial charge in [0.05, 0.1) is 76.8 Å². The molecule has 0 amide bonds. The van der Waals surface area contributed by atoms with Crippen molar-refractivity contribution in [3.63, 3.8) is 0 Å². The van der Waals surface area contributed by atoms with Gasteiger partial charge >= 0.3 is 0 Å². The Bertz CT molecular complexity index is 2720. The van der Waals surface area contributed by atoms with Crippen molar-refractivity contribution in [1.29, 1.82) is 0 Å². The lowest BCUT2D eigenvalue weighted by molar-refractivity contribution is 0.408. The number of benzene rings is 7. The van der Waals surface area contributed by atoms with E-state index in [1.807, 2.05) is 0 Å². The molecule has 0 heterocycles. The summed E-state index contributed by atoms with van der Waals surface area (Å²) in [5.41, 5.74) is 13.5. The molecule has 0 radical (unpaired) electrons. The van der Waals surface area contributed by atoms with Gasteiger partial charge < -0.3 is 28.4 Å². The summed E-state index contributed by atoms with van der Waals surface area (Å²) in [5, 5.41) is 0. The Balaban J connectivity index is 1.34. The van der Waals surface area contributed by atoms with Gasteiger partial charge in [0.25, 0.3) is 0 Å². The lowest BCUT2D eigenvalue weighted by atomic mass is 9.86. The highest BCUT2D eigenvalue weighted by Crippen LogP contribution is 2.52. The van der Waals surface area contributed by atoms with Crippen molar-refractivity contribution in [1.82, 2.24) is 0 Å². The molecule has 7 aromatic rings. The predicted octanol–water partition coefficient (Wildman–Crippen LogP) is 17.2. The maximum Gasteiger partial charge on any atom is 0.143 e. The number of nitrogens with zero attached hydrogens (tertiary/aromatic N) is 2. The van der Waals surface area contributed by atoms with E-state index in [0.29, 0.717) is 11.5 Å². The first kappa shape index (κ1) is 52.8. The molecular formula is C64H76N2O6. The van der Waals surface area contributed by atoms with Crippen LogP contribution in [0.25, 0.3) is 22.3 Å². The fourth-order valence-electron chi connectivity index (χ4n) is 9.06. The molecule has 0 unspecified atom stereocenters. The molecule has 0 aliphatic heterocycles. The largest absolute Gasteiger partial charge is 0.495 e. The summed E-state index contributed by atoms with van der Waals surface area (Å²) in [6, 6.07) is 47.0. The minimum Gasteiger partial charge on any atom is -0.495 e. The van der Waals surface area contributed by atoms with Crippen LogP contribution in [0.3, 0.4) is 0 Å². The van der Waals surface area contributed by atoms with Gasteiger partial charge in [0.2, 0.25) is 0 Å². The third kappa shape index (κ3) is 10.9. The summed E-state index contributed by atoms with van der Waals surface area (Å²) in [7, 11) is 10.3. The number of ether oxygens (including phenoxy) is 6. The second-order valence-electron chi connectivity index (χ2n) is 22.6. The molecule has 72 heavy (non-hydrogen) atoms. The molecule has 7 aromatic carbocycles. The van der Waals surface area contributed by atoms with E-state index in [-0.39, 0.29) is 21.7 Å². The van der Waals surface area contributed by atoms with Gasteiger partial charge in [0.15, 0.2) is 0 Å². The minimum absolute atomic E-state index is 0.0792. The minimum atomic E-state index is -0.0792. The lowest BCUT2D eigenvalue weighted by Gasteiger charge is -2.32. The predicted molar refractivity (Wildman–Crippen MR) is 301 cm³/mol. The van der Waals surface area contributed by atoms with E-state index in [1.165, 1.54) is 22.3 Å². The number of methoxy groups -OCH3 is 6. The Morgan fingerprint density at radius 3 is 0.681 bits per heavy atom. The first-order valence-corrected chi connectivity index (χ1v) is 24.8. The van der Waals surface area contributed by atoms with Gasteiger partial charge in [0.1, 0.15) is 34.5 Å². The third-order valence-corrected chi connectivity index (χ3v) is 13.5. The Labute approximate surface area is 430 Å². The van der Waals surface area contributed by atoms with Crippen LogP contribution in [0.1, 0.15) is 105 Å². The van der Waals surface area contributed by atoms with Crippen molar-refractivity contribution in [3.05, 3.63) is 156 Å². The molecule has 378 valence electrons. The van der Waals surface area contributed by atoms with Crippen LogP contribution in [0, 0.1) is 0 Å². The van der Waals surface area contributed by atoms with Crippen LogP contribution < -0.4 is 38.2 Å². The summed E-state index contributed by atoms with van der Waals surface area (Å²) in [5.74, 6) is 4.33. The van der Waals surface area contributed by atoms with Gasteiger partial charge in [-0.3, -0.25) is 9.80 Å². The van der Waals surface area contributed by atoms with Crippen LogP contribution in [-0.4, -0.2) is 42.7 Å². The fourth-order valence-corrected chi connectivity index (χ4v) is 9.06. The van der Waals surface area contributed by atoms with Crippen LogP contribution in [-0.2, 0) is 21.7 Å². The van der Waals surface area contributed by atoms with Gasteiger partial charge in [0, 0.05) is 0 Å². The maximum atomic E-state index is 6.30. The van der Waals surface area contributed by atoms with Crippen molar-refractivity contribution in [2.45, 2.75) is 105 Å². The zero-order chi connectivity index (χ0) is 52.5. The topological polar surface area (TPSA) is 61.9 Å².